The molecule has 0 aromatic heterocycles. The van der Waals surface area contributed by atoms with Crippen molar-refractivity contribution in [3.63, 3.8) is 0 Å². The van der Waals surface area contributed by atoms with E-state index in [1.807, 2.05) is 0 Å². The number of piperazine rings is 1. The van der Waals surface area contributed by atoms with Crippen molar-refractivity contribution in [3.05, 3.63) is 0 Å². The second kappa shape index (κ2) is 16.9. The van der Waals surface area contributed by atoms with Crippen LogP contribution in [0.15, 0.2) is 0 Å². The third kappa shape index (κ3) is 12.1. The number of hydrogen-bond acceptors (Lipinski definition) is 5. The molecular formula is C23H41N3O4S. The van der Waals surface area contributed by atoms with Crippen LogP contribution in [0.3, 0.4) is 0 Å². The first kappa shape index (κ1) is 27.3. The van der Waals surface area contributed by atoms with Crippen LogP contribution in [0, 0.1) is 0 Å². The number of nitrogens with zero attached hydrogens (tertiary/aromatic N) is 1. The topological polar surface area (TPSA) is 87.7 Å². The normalized spacial score (nSPS) is 16.0. The van der Waals surface area contributed by atoms with E-state index in [1.54, 1.807) is 11.8 Å². The number of unbranched alkanes of at least 4 members (excludes halogenated alkanes) is 10. The minimum Gasteiger partial charge on any atom is -0.466 e. The molecule has 0 aromatic carbocycles. The maximum atomic E-state index is 12.3. The fourth-order valence-corrected chi connectivity index (χ4v) is 4.07. The molecule has 0 aliphatic carbocycles. The third-order valence-electron chi connectivity index (χ3n) is 5.51. The minimum atomic E-state index is -0.748. The van der Waals surface area contributed by atoms with Gasteiger partial charge in [0.2, 0.25) is 11.8 Å². The van der Waals surface area contributed by atoms with Gasteiger partial charge in [-0.3, -0.25) is 14.4 Å². The van der Waals surface area contributed by atoms with Crippen LogP contribution in [0.1, 0.15) is 97.3 Å². The van der Waals surface area contributed by atoms with E-state index in [4.69, 9.17) is 17.0 Å². The molecule has 1 heterocycles. The lowest BCUT2D eigenvalue weighted by atomic mass is 10.1. The molecule has 8 heteroatoms. The number of thiocarbonyl (C=S) groups is 1. The van der Waals surface area contributed by atoms with Gasteiger partial charge < -0.3 is 20.3 Å². The Hall–Kier alpha value is -1.70. The molecule has 0 spiro atoms. The average molecular weight is 456 g/mol. The van der Waals surface area contributed by atoms with E-state index in [-0.39, 0.29) is 30.0 Å². The van der Waals surface area contributed by atoms with Crippen LogP contribution in [0.4, 0.5) is 0 Å². The largest absolute Gasteiger partial charge is 0.466 e. The Labute approximate surface area is 193 Å². The highest BCUT2D eigenvalue weighted by Gasteiger charge is 2.34. The van der Waals surface area contributed by atoms with Crippen molar-refractivity contribution in [1.82, 2.24) is 15.5 Å². The summed E-state index contributed by atoms with van der Waals surface area (Å²) in [6, 6.07) is -0.748. The molecule has 0 radical (unpaired) electrons. The zero-order valence-electron chi connectivity index (χ0n) is 19.4. The summed E-state index contributed by atoms with van der Waals surface area (Å²) in [4.78, 5) is 37.9. The Morgan fingerprint density at radius 3 is 2.19 bits per heavy atom. The van der Waals surface area contributed by atoms with Gasteiger partial charge in [-0.05, 0) is 25.6 Å². The van der Waals surface area contributed by atoms with Crippen LogP contribution < -0.4 is 10.6 Å². The van der Waals surface area contributed by atoms with E-state index in [9.17, 15) is 14.4 Å². The number of hydrogen-bond donors (Lipinski definition) is 2. The lowest BCUT2D eigenvalue weighted by molar-refractivity contribution is -0.147. The summed E-state index contributed by atoms with van der Waals surface area (Å²) in [5.41, 5.74) is 0. The predicted molar refractivity (Wildman–Crippen MR) is 127 cm³/mol. The van der Waals surface area contributed by atoms with Crippen LogP contribution in [0.25, 0.3) is 0 Å². The first-order valence-electron chi connectivity index (χ1n) is 12.0. The van der Waals surface area contributed by atoms with E-state index >= 15 is 0 Å². The van der Waals surface area contributed by atoms with E-state index in [2.05, 4.69) is 17.6 Å². The molecule has 0 saturated carbocycles. The Bertz CT molecular complexity index is 571. The van der Waals surface area contributed by atoms with Crippen molar-refractivity contribution in [2.75, 3.05) is 19.7 Å². The van der Waals surface area contributed by atoms with Crippen molar-refractivity contribution in [2.45, 2.75) is 103 Å². The molecule has 31 heavy (non-hydrogen) atoms. The van der Waals surface area contributed by atoms with Gasteiger partial charge in [0, 0.05) is 19.5 Å². The number of esters is 1. The molecule has 1 fully saturated rings. The summed E-state index contributed by atoms with van der Waals surface area (Å²) in [5, 5.41) is 5.67. The zero-order chi connectivity index (χ0) is 22.9. The molecule has 1 rings (SSSR count). The first-order chi connectivity index (χ1) is 15.0. The maximum absolute atomic E-state index is 12.3. The highest BCUT2D eigenvalue weighted by atomic mass is 32.1. The van der Waals surface area contributed by atoms with Gasteiger partial charge in [-0.1, -0.05) is 71.1 Å². The fourth-order valence-electron chi connectivity index (χ4n) is 3.74. The summed E-state index contributed by atoms with van der Waals surface area (Å²) in [7, 11) is 0. The van der Waals surface area contributed by atoms with Crippen molar-refractivity contribution >= 4 is 35.1 Å². The second-order valence-electron chi connectivity index (χ2n) is 8.15. The van der Waals surface area contributed by atoms with E-state index in [0.717, 1.165) is 19.3 Å². The molecule has 7 nitrogen and oxygen atoms in total. The molecular weight excluding hydrogens is 414 g/mol. The summed E-state index contributed by atoms with van der Waals surface area (Å²) in [5.74, 6) is -0.868. The van der Waals surface area contributed by atoms with Gasteiger partial charge in [0.1, 0.15) is 6.04 Å². The molecule has 1 aliphatic heterocycles. The van der Waals surface area contributed by atoms with Crippen molar-refractivity contribution < 1.29 is 19.1 Å². The quantitative estimate of drug-likeness (QED) is 0.222. The van der Waals surface area contributed by atoms with Crippen LogP contribution in [-0.2, 0) is 19.1 Å². The third-order valence-corrected chi connectivity index (χ3v) is 5.85. The second-order valence-corrected chi connectivity index (χ2v) is 8.53. The number of amides is 2. The van der Waals surface area contributed by atoms with Crippen molar-refractivity contribution in [3.8, 4) is 0 Å². The SMILES string of the molecule is CCCCCCCCCCCCCC(=O)NC(=S)N1CCNC(=O)C1CC(=O)OCC. The number of rotatable bonds is 15. The highest BCUT2D eigenvalue weighted by Crippen LogP contribution is 2.13. The lowest BCUT2D eigenvalue weighted by Gasteiger charge is -2.36. The standard InChI is InChI=1S/C23H41N3O4S/c1-3-5-6-7-8-9-10-11-12-13-14-15-20(27)25-23(31)26-17-16-24-22(29)19(26)18-21(28)30-4-2/h19H,3-18H2,1-2H3,(H,24,29)(H,25,27,31). The first-order valence-corrected chi connectivity index (χ1v) is 12.4. The average Bonchev–Trinajstić information content (AvgIpc) is 2.73. The molecule has 2 N–H and O–H groups in total. The van der Waals surface area contributed by atoms with Crippen LogP contribution >= 0.6 is 12.2 Å². The van der Waals surface area contributed by atoms with Gasteiger partial charge >= 0.3 is 5.97 Å². The smallest absolute Gasteiger partial charge is 0.308 e. The Kier molecular flexibility index (Phi) is 14.9. The highest BCUT2D eigenvalue weighted by molar-refractivity contribution is 7.80. The zero-order valence-corrected chi connectivity index (χ0v) is 20.2. The summed E-state index contributed by atoms with van der Waals surface area (Å²) >= 11 is 5.35. The summed E-state index contributed by atoms with van der Waals surface area (Å²) < 4.78 is 4.95. The molecule has 1 saturated heterocycles. The minimum absolute atomic E-state index is 0.0890. The van der Waals surface area contributed by atoms with E-state index in [0.29, 0.717) is 19.5 Å². The van der Waals surface area contributed by atoms with Gasteiger partial charge in [0.05, 0.1) is 13.0 Å². The fraction of sp³-hybridized carbons (Fsp3) is 0.826. The van der Waals surface area contributed by atoms with Crippen LogP contribution in [0.5, 0.6) is 0 Å². The predicted octanol–water partition coefficient (Wildman–Crippen LogP) is 3.84. The van der Waals surface area contributed by atoms with Gasteiger partial charge in [0.25, 0.3) is 0 Å². The van der Waals surface area contributed by atoms with E-state index < -0.39 is 12.0 Å². The number of ether oxygens (including phenoxy) is 1. The van der Waals surface area contributed by atoms with E-state index in [1.165, 1.54) is 51.4 Å². The molecule has 0 aromatic rings. The van der Waals surface area contributed by atoms with Crippen LogP contribution in [0.2, 0.25) is 0 Å². The summed E-state index contributed by atoms with van der Waals surface area (Å²) in [6.07, 6.45) is 13.9. The lowest BCUT2D eigenvalue weighted by Crippen LogP contribution is -2.60. The van der Waals surface area contributed by atoms with Crippen LogP contribution in [-0.4, -0.2) is 53.5 Å². The molecule has 1 aliphatic rings. The molecule has 1 unspecified atom stereocenters. The molecule has 1 atom stereocenters. The maximum Gasteiger partial charge on any atom is 0.308 e. The Morgan fingerprint density at radius 2 is 1.61 bits per heavy atom. The van der Waals surface area contributed by atoms with Gasteiger partial charge in [-0.2, -0.15) is 0 Å². The molecule has 178 valence electrons. The Morgan fingerprint density at radius 1 is 1.03 bits per heavy atom. The number of nitrogens with one attached hydrogen (secondary N) is 2. The molecule has 2 amide bonds. The molecule has 0 bridgehead atoms. The van der Waals surface area contributed by atoms with Gasteiger partial charge in [-0.25, -0.2) is 0 Å². The number of carbonyl (C=O) groups is 3. The Balaban J connectivity index is 2.21. The summed E-state index contributed by atoms with van der Waals surface area (Å²) in [6.45, 7) is 5.09. The van der Waals surface area contributed by atoms with Crippen molar-refractivity contribution in [1.29, 1.82) is 0 Å². The number of carbonyl (C=O) groups excluding carboxylic acids is 3. The van der Waals surface area contributed by atoms with Gasteiger partial charge in [0.15, 0.2) is 5.11 Å². The monoisotopic (exact) mass is 455 g/mol. The van der Waals surface area contributed by atoms with Crippen molar-refractivity contribution in [2.24, 2.45) is 0 Å². The van der Waals surface area contributed by atoms with Gasteiger partial charge in [-0.15, -0.1) is 0 Å².